The van der Waals surface area contributed by atoms with Gasteiger partial charge in [-0.1, -0.05) is 11.6 Å². The van der Waals surface area contributed by atoms with E-state index in [1.165, 1.54) is 42.1 Å². The van der Waals surface area contributed by atoms with Crippen LogP contribution in [0.25, 0.3) is 0 Å². The Morgan fingerprint density at radius 3 is 3.11 bits per heavy atom. The maximum Gasteiger partial charge on any atom is 0.0410 e. The summed E-state index contributed by atoms with van der Waals surface area (Å²) in [6.07, 6.45) is 2.54. The molecule has 2 atom stereocenters. The number of nitrogens with one attached hydrogen (secondary N) is 1. The van der Waals surface area contributed by atoms with Gasteiger partial charge in [0.15, 0.2) is 0 Å². The van der Waals surface area contributed by atoms with Crippen LogP contribution in [-0.4, -0.2) is 37.3 Å². The fourth-order valence-electron chi connectivity index (χ4n) is 3.08. The highest BCUT2D eigenvalue weighted by Gasteiger charge is 2.24. The summed E-state index contributed by atoms with van der Waals surface area (Å²) in [5.74, 6) is 2.01. The van der Waals surface area contributed by atoms with E-state index in [9.17, 15) is 0 Å². The van der Waals surface area contributed by atoms with Crippen molar-refractivity contribution in [1.82, 2.24) is 10.2 Å². The summed E-state index contributed by atoms with van der Waals surface area (Å²) in [6.45, 7) is 3.61. The lowest BCUT2D eigenvalue weighted by molar-refractivity contribution is 0.376. The van der Waals surface area contributed by atoms with Crippen LogP contribution >= 0.6 is 23.4 Å². The van der Waals surface area contributed by atoms with Gasteiger partial charge in [0.25, 0.3) is 0 Å². The minimum atomic E-state index is 0.487. The molecule has 1 aromatic rings. The summed E-state index contributed by atoms with van der Waals surface area (Å²) in [7, 11) is 2.21. The topological polar surface area (TPSA) is 15.3 Å². The average Bonchev–Trinajstić information content (AvgIpc) is 2.82. The first-order chi connectivity index (χ1) is 9.22. The maximum atomic E-state index is 6.14. The summed E-state index contributed by atoms with van der Waals surface area (Å²) >= 11 is 8.10. The highest BCUT2D eigenvalue weighted by molar-refractivity contribution is 7.99. The normalized spacial score (nSPS) is 27.5. The van der Waals surface area contributed by atoms with Crippen molar-refractivity contribution in [3.05, 3.63) is 28.8 Å². The summed E-state index contributed by atoms with van der Waals surface area (Å²) in [5, 5.41) is 4.62. The number of thioether (sulfide) groups is 1. The van der Waals surface area contributed by atoms with Crippen LogP contribution in [0.1, 0.15) is 24.4 Å². The smallest absolute Gasteiger partial charge is 0.0410 e. The van der Waals surface area contributed by atoms with E-state index in [0.717, 1.165) is 17.5 Å². The molecule has 3 rings (SSSR count). The number of likely N-dealkylation sites (tertiary alicyclic amines) is 1. The quantitative estimate of drug-likeness (QED) is 0.920. The molecule has 4 heteroatoms. The van der Waals surface area contributed by atoms with Crippen LogP contribution in [0.2, 0.25) is 5.02 Å². The maximum absolute atomic E-state index is 6.14. The molecule has 19 heavy (non-hydrogen) atoms. The Morgan fingerprint density at radius 1 is 1.42 bits per heavy atom. The molecule has 0 amide bonds. The number of hydrogen-bond donors (Lipinski definition) is 1. The van der Waals surface area contributed by atoms with Crippen molar-refractivity contribution >= 4 is 23.4 Å². The highest BCUT2D eigenvalue weighted by atomic mass is 35.5. The Balaban J connectivity index is 1.64. The molecular weight excluding hydrogens is 276 g/mol. The molecule has 0 aromatic heterocycles. The third kappa shape index (κ3) is 3.27. The predicted molar refractivity (Wildman–Crippen MR) is 83.1 cm³/mol. The molecule has 2 aliphatic rings. The summed E-state index contributed by atoms with van der Waals surface area (Å²) in [4.78, 5) is 3.82. The van der Waals surface area contributed by atoms with Crippen molar-refractivity contribution in [2.45, 2.75) is 23.8 Å². The first-order valence-electron chi connectivity index (χ1n) is 7.06. The first kappa shape index (κ1) is 13.7. The number of nitrogens with zero attached hydrogens (tertiary/aromatic N) is 1. The average molecular weight is 297 g/mol. The van der Waals surface area contributed by atoms with Gasteiger partial charge in [-0.25, -0.2) is 0 Å². The lowest BCUT2D eigenvalue weighted by Gasteiger charge is -2.27. The number of hydrogen-bond acceptors (Lipinski definition) is 3. The Hall–Kier alpha value is -0.220. The van der Waals surface area contributed by atoms with Gasteiger partial charge in [-0.3, -0.25) is 0 Å². The summed E-state index contributed by atoms with van der Waals surface area (Å²) in [6, 6.07) is 6.80. The lowest BCUT2D eigenvalue weighted by Crippen LogP contribution is -2.30. The molecule has 0 saturated carbocycles. The zero-order valence-electron chi connectivity index (χ0n) is 11.4. The molecule has 2 nitrogen and oxygen atoms in total. The third-order valence-corrected chi connectivity index (χ3v) is 5.51. The number of rotatable bonds is 3. The van der Waals surface area contributed by atoms with Gasteiger partial charge in [0, 0.05) is 22.5 Å². The molecule has 1 fully saturated rings. The Bertz CT molecular complexity index is 452. The molecular formula is C15H21ClN2S. The second kappa shape index (κ2) is 6.04. The van der Waals surface area contributed by atoms with Crippen molar-refractivity contribution in [2.75, 3.05) is 32.4 Å². The molecule has 1 saturated heterocycles. The van der Waals surface area contributed by atoms with Crippen molar-refractivity contribution in [2.24, 2.45) is 5.92 Å². The van der Waals surface area contributed by atoms with E-state index < -0.39 is 0 Å². The van der Waals surface area contributed by atoms with E-state index in [4.69, 9.17) is 11.6 Å². The Labute approximate surface area is 124 Å². The summed E-state index contributed by atoms with van der Waals surface area (Å²) in [5.41, 5.74) is 1.40. The van der Waals surface area contributed by atoms with Crippen LogP contribution in [-0.2, 0) is 0 Å². The minimum Gasteiger partial charge on any atom is -0.310 e. The van der Waals surface area contributed by atoms with Crippen LogP contribution in [0.5, 0.6) is 0 Å². The second-order valence-electron chi connectivity index (χ2n) is 5.70. The Kier molecular flexibility index (Phi) is 4.37. The standard InChI is InChI=1S/C15H21ClN2S/c1-18-6-4-11(10-18)9-17-14-5-7-19-15-3-2-12(16)8-13(14)15/h2-3,8,11,14,17H,4-7,9-10H2,1H3. The Morgan fingerprint density at radius 2 is 2.32 bits per heavy atom. The molecule has 0 spiro atoms. The van der Waals surface area contributed by atoms with Crippen LogP contribution in [0.15, 0.2) is 23.1 Å². The van der Waals surface area contributed by atoms with Gasteiger partial charge in [-0.2, -0.15) is 0 Å². The van der Waals surface area contributed by atoms with Gasteiger partial charge in [0.1, 0.15) is 0 Å². The van der Waals surface area contributed by atoms with Crippen LogP contribution in [0, 0.1) is 5.92 Å². The van der Waals surface area contributed by atoms with Gasteiger partial charge in [-0.05, 0) is 68.4 Å². The van der Waals surface area contributed by atoms with E-state index >= 15 is 0 Å². The van der Waals surface area contributed by atoms with E-state index in [-0.39, 0.29) is 0 Å². The number of fused-ring (bicyclic) bond motifs is 1. The van der Waals surface area contributed by atoms with Crippen molar-refractivity contribution in [3.8, 4) is 0 Å². The fraction of sp³-hybridized carbons (Fsp3) is 0.600. The zero-order chi connectivity index (χ0) is 13.2. The second-order valence-corrected chi connectivity index (χ2v) is 7.27. The molecule has 2 unspecified atom stereocenters. The summed E-state index contributed by atoms with van der Waals surface area (Å²) < 4.78 is 0. The van der Waals surface area contributed by atoms with Crippen LogP contribution in [0.3, 0.4) is 0 Å². The molecule has 1 aromatic carbocycles. The van der Waals surface area contributed by atoms with Gasteiger partial charge >= 0.3 is 0 Å². The number of halogens is 1. The third-order valence-electron chi connectivity index (χ3n) is 4.15. The van der Waals surface area contributed by atoms with Gasteiger partial charge in [-0.15, -0.1) is 11.8 Å². The first-order valence-corrected chi connectivity index (χ1v) is 8.43. The van der Waals surface area contributed by atoms with E-state index in [1.807, 2.05) is 17.8 Å². The minimum absolute atomic E-state index is 0.487. The largest absolute Gasteiger partial charge is 0.310 e. The molecule has 2 heterocycles. The van der Waals surface area contributed by atoms with Gasteiger partial charge in [0.05, 0.1) is 0 Å². The van der Waals surface area contributed by atoms with Crippen molar-refractivity contribution < 1.29 is 0 Å². The SMILES string of the molecule is CN1CCC(CNC2CCSc3ccc(Cl)cc32)C1. The molecule has 0 aliphatic carbocycles. The lowest BCUT2D eigenvalue weighted by atomic mass is 10.0. The monoisotopic (exact) mass is 296 g/mol. The molecule has 1 N–H and O–H groups in total. The molecule has 2 aliphatic heterocycles. The van der Waals surface area contributed by atoms with Gasteiger partial charge in [0.2, 0.25) is 0 Å². The number of benzene rings is 1. The predicted octanol–water partition coefficient (Wildman–Crippen LogP) is 3.42. The van der Waals surface area contributed by atoms with Crippen LogP contribution in [0.4, 0.5) is 0 Å². The van der Waals surface area contributed by atoms with Crippen molar-refractivity contribution in [1.29, 1.82) is 0 Å². The van der Waals surface area contributed by atoms with E-state index in [0.29, 0.717) is 6.04 Å². The van der Waals surface area contributed by atoms with Crippen LogP contribution < -0.4 is 5.32 Å². The fourth-order valence-corrected chi connectivity index (χ4v) is 4.37. The molecule has 0 bridgehead atoms. The highest BCUT2D eigenvalue weighted by Crippen LogP contribution is 2.37. The van der Waals surface area contributed by atoms with E-state index in [1.54, 1.807) is 0 Å². The zero-order valence-corrected chi connectivity index (χ0v) is 12.9. The molecule has 104 valence electrons. The van der Waals surface area contributed by atoms with E-state index in [2.05, 4.69) is 29.4 Å². The van der Waals surface area contributed by atoms with Gasteiger partial charge < -0.3 is 10.2 Å². The molecule has 0 radical (unpaired) electrons. The van der Waals surface area contributed by atoms with Crippen molar-refractivity contribution in [3.63, 3.8) is 0 Å².